The van der Waals surface area contributed by atoms with Gasteiger partial charge in [-0.1, -0.05) is 25.8 Å². The Hall–Kier alpha value is -0.340. The highest BCUT2D eigenvalue weighted by molar-refractivity contribution is 7.10. The van der Waals surface area contributed by atoms with E-state index in [1.54, 1.807) is 11.3 Å². The molecule has 1 aliphatic rings. The van der Waals surface area contributed by atoms with E-state index in [1.807, 2.05) is 0 Å². The highest BCUT2D eigenvalue weighted by Crippen LogP contribution is 2.46. The number of hydrogen-bond donors (Lipinski definition) is 1. The fourth-order valence-corrected chi connectivity index (χ4v) is 3.21. The normalized spacial score (nSPS) is 32.9. The number of rotatable bonds is 3. The minimum Gasteiger partial charge on any atom is -0.321 e. The molecular weight excluding hydrogens is 178 g/mol. The maximum absolute atomic E-state index is 6.30. The second-order valence-electron chi connectivity index (χ2n) is 4.20. The van der Waals surface area contributed by atoms with Gasteiger partial charge in [0.25, 0.3) is 0 Å². The summed E-state index contributed by atoms with van der Waals surface area (Å²) in [7, 11) is 0. The SMILES string of the molecule is CCCC1CC(N)(c2cccs2)C1. The largest absolute Gasteiger partial charge is 0.321 e. The Morgan fingerprint density at radius 2 is 2.38 bits per heavy atom. The van der Waals surface area contributed by atoms with Crippen LogP contribution in [0.15, 0.2) is 17.5 Å². The van der Waals surface area contributed by atoms with E-state index in [1.165, 1.54) is 30.6 Å². The molecule has 0 radical (unpaired) electrons. The Balaban J connectivity index is 1.96. The number of nitrogens with two attached hydrogens (primary N) is 1. The molecule has 13 heavy (non-hydrogen) atoms. The molecule has 1 nitrogen and oxygen atoms in total. The van der Waals surface area contributed by atoms with Crippen molar-refractivity contribution < 1.29 is 0 Å². The Bertz CT molecular complexity index is 260. The Morgan fingerprint density at radius 1 is 1.62 bits per heavy atom. The molecule has 2 heteroatoms. The highest BCUT2D eigenvalue weighted by Gasteiger charge is 2.42. The lowest BCUT2D eigenvalue weighted by Gasteiger charge is -2.44. The van der Waals surface area contributed by atoms with Crippen molar-refractivity contribution in [3.05, 3.63) is 22.4 Å². The zero-order valence-electron chi connectivity index (χ0n) is 8.12. The van der Waals surface area contributed by atoms with Crippen LogP contribution in [0.3, 0.4) is 0 Å². The smallest absolute Gasteiger partial charge is 0.0509 e. The van der Waals surface area contributed by atoms with Gasteiger partial charge in [0.1, 0.15) is 0 Å². The quantitative estimate of drug-likeness (QED) is 0.788. The molecule has 0 spiro atoms. The fourth-order valence-electron chi connectivity index (χ4n) is 2.35. The summed E-state index contributed by atoms with van der Waals surface area (Å²) in [4.78, 5) is 1.37. The average molecular weight is 195 g/mol. The van der Waals surface area contributed by atoms with Gasteiger partial charge in [-0.2, -0.15) is 0 Å². The van der Waals surface area contributed by atoms with E-state index in [0.717, 1.165) is 5.92 Å². The van der Waals surface area contributed by atoms with E-state index in [2.05, 4.69) is 24.4 Å². The van der Waals surface area contributed by atoms with Crippen LogP contribution in [0.1, 0.15) is 37.5 Å². The van der Waals surface area contributed by atoms with Crippen LogP contribution in [-0.2, 0) is 5.54 Å². The molecule has 0 saturated heterocycles. The maximum atomic E-state index is 6.30. The molecule has 1 aliphatic carbocycles. The van der Waals surface area contributed by atoms with Gasteiger partial charge in [0.15, 0.2) is 0 Å². The number of hydrogen-bond acceptors (Lipinski definition) is 2. The predicted molar refractivity (Wildman–Crippen MR) is 57.8 cm³/mol. The van der Waals surface area contributed by atoms with Crippen LogP contribution in [0.4, 0.5) is 0 Å². The Labute approximate surface area is 84.0 Å². The molecule has 0 amide bonds. The fraction of sp³-hybridized carbons (Fsp3) is 0.636. The summed E-state index contributed by atoms with van der Waals surface area (Å²) in [5.74, 6) is 0.886. The van der Waals surface area contributed by atoms with Gasteiger partial charge in [-0.25, -0.2) is 0 Å². The molecule has 0 aliphatic heterocycles. The van der Waals surface area contributed by atoms with Crippen LogP contribution in [0.25, 0.3) is 0 Å². The third kappa shape index (κ3) is 1.65. The van der Waals surface area contributed by atoms with E-state index >= 15 is 0 Å². The molecule has 1 saturated carbocycles. The van der Waals surface area contributed by atoms with Crippen LogP contribution in [0.5, 0.6) is 0 Å². The van der Waals surface area contributed by atoms with Gasteiger partial charge in [-0.05, 0) is 30.2 Å². The van der Waals surface area contributed by atoms with Gasteiger partial charge < -0.3 is 5.73 Å². The molecule has 0 aromatic carbocycles. The Morgan fingerprint density at radius 3 is 2.92 bits per heavy atom. The summed E-state index contributed by atoms with van der Waals surface area (Å²) in [6.45, 7) is 2.25. The summed E-state index contributed by atoms with van der Waals surface area (Å²) in [6, 6.07) is 4.27. The van der Waals surface area contributed by atoms with Gasteiger partial charge in [-0.15, -0.1) is 11.3 Å². The summed E-state index contributed by atoms with van der Waals surface area (Å²) in [6.07, 6.45) is 5.04. The molecule has 1 aromatic rings. The second-order valence-corrected chi connectivity index (χ2v) is 5.14. The van der Waals surface area contributed by atoms with Crippen molar-refractivity contribution in [1.82, 2.24) is 0 Å². The minimum absolute atomic E-state index is 0.0357. The lowest BCUT2D eigenvalue weighted by molar-refractivity contribution is 0.141. The monoisotopic (exact) mass is 195 g/mol. The van der Waals surface area contributed by atoms with Gasteiger partial charge in [0, 0.05) is 4.88 Å². The van der Waals surface area contributed by atoms with Gasteiger partial charge >= 0.3 is 0 Å². The third-order valence-electron chi connectivity index (χ3n) is 3.01. The standard InChI is InChI=1S/C11H17NS/c1-2-4-9-7-11(12,8-9)10-5-3-6-13-10/h3,5-6,9H,2,4,7-8,12H2,1H3. The van der Waals surface area contributed by atoms with Crippen LogP contribution >= 0.6 is 11.3 Å². The van der Waals surface area contributed by atoms with Crippen molar-refractivity contribution in [3.63, 3.8) is 0 Å². The molecule has 0 unspecified atom stereocenters. The first-order valence-electron chi connectivity index (χ1n) is 5.07. The molecule has 0 atom stereocenters. The third-order valence-corrected chi connectivity index (χ3v) is 4.10. The van der Waals surface area contributed by atoms with E-state index in [0.29, 0.717) is 0 Å². The van der Waals surface area contributed by atoms with Crippen LogP contribution < -0.4 is 5.73 Å². The van der Waals surface area contributed by atoms with E-state index < -0.39 is 0 Å². The number of thiophene rings is 1. The molecule has 0 bridgehead atoms. The van der Waals surface area contributed by atoms with E-state index in [-0.39, 0.29) is 5.54 Å². The predicted octanol–water partition coefficient (Wildman–Crippen LogP) is 3.11. The molecular formula is C11H17NS. The van der Waals surface area contributed by atoms with Crippen molar-refractivity contribution in [3.8, 4) is 0 Å². The average Bonchev–Trinajstić information content (AvgIpc) is 2.53. The lowest BCUT2D eigenvalue weighted by Crippen LogP contribution is -2.48. The second kappa shape index (κ2) is 3.43. The molecule has 1 fully saturated rings. The summed E-state index contributed by atoms with van der Waals surface area (Å²) < 4.78 is 0. The van der Waals surface area contributed by atoms with Gasteiger partial charge in [0.2, 0.25) is 0 Å². The molecule has 2 N–H and O–H groups in total. The minimum atomic E-state index is 0.0357. The zero-order valence-corrected chi connectivity index (χ0v) is 8.94. The first kappa shape index (κ1) is 9.22. The zero-order chi connectivity index (χ0) is 9.31. The molecule has 1 aromatic heterocycles. The van der Waals surface area contributed by atoms with Gasteiger partial charge in [-0.3, -0.25) is 0 Å². The summed E-state index contributed by atoms with van der Waals surface area (Å²) in [5.41, 5.74) is 6.34. The topological polar surface area (TPSA) is 26.0 Å². The van der Waals surface area contributed by atoms with Crippen molar-refractivity contribution >= 4 is 11.3 Å². The van der Waals surface area contributed by atoms with Crippen LogP contribution in [0.2, 0.25) is 0 Å². The maximum Gasteiger partial charge on any atom is 0.0509 e. The van der Waals surface area contributed by atoms with Crippen LogP contribution in [-0.4, -0.2) is 0 Å². The molecule has 72 valence electrons. The summed E-state index contributed by atoms with van der Waals surface area (Å²) in [5, 5.41) is 2.12. The lowest BCUT2D eigenvalue weighted by atomic mass is 9.66. The van der Waals surface area contributed by atoms with Crippen molar-refractivity contribution in [1.29, 1.82) is 0 Å². The first-order valence-corrected chi connectivity index (χ1v) is 5.95. The van der Waals surface area contributed by atoms with Gasteiger partial charge in [0.05, 0.1) is 5.54 Å². The van der Waals surface area contributed by atoms with Crippen molar-refractivity contribution in [2.75, 3.05) is 0 Å². The van der Waals surface area contributed by atoms with Crippen molar-refractivity contribution in [2.45, 2.75) is 38.1 Å². The Kier molecular flexibility index (Phi) is 2.43. The molecule has 1 heterocycles. The van der Waals surface area contributed by atoms with E-state index in [4.69, 9.17) is 5.73 Å². The van der Waals surface area contributed by atoms with Crippen LogP contribution in [0, 0.1) is 5.92 Å². The summed E-state index contributed by atoms with van der Waals surface area (Å²) >= 11 is 1.80. The first-order chi connectivity index (χ1) is 6.24. The van der Waals surface area contributed by atoms with E-state index in [9.17, 15) is 0 Å². The molecule has 2 rings (SSSR count). The van der Waals surface area contributed by atoms with Crippen molar-refractivity contribution in [2.24, 2.45) is 11.7 Å². The highest BCUT2D eigenvalue weighted by atomic mass is 32.1.